The number of aliphatic hydroxyl groups is 1. The largest absolute Gasteiger partial charge is 0.389 e. The summed E-state index contributed by atoms with van der Waals surface area (Å²) in [6, 6.07) is 19.7. The van der Waals surface area contributed by atoms with Crippen molar-refractivity contribution >= 4 is 49.2 Å². The molecule has 0 aliphatic rings. The first-order valence-electron chi connectivity index (χ1n) is 13.1. The molecule has 0 spiro atoms. The van der Waals surface area contributed by atoms with Gasteiger partial charge in [0.25, 0.3) is 0 Å². The third-order valence-corrected chi connectivity index (χ3v) is 12.9. The highest BCUT2D eigenvalue weighted by atomic mass is 32.1. The average molecular weight is 597 g/mol. The van der Waals surface area contributed by atoms with Gasteiger partial charge in [-0.15, -0.1) is 0 Å². The fourth-order valence-electron chi connectivity index (χ4n) is 3.87. The Hall–Kier alpha value is -1.76. The van der Waals surface area contributed by atoms with E-state index in [0.29, 0.717) is 48.0 Å². The van der Waals surface area contributed by atoms with Crippen molar-refractivity contribution in [2.75, 3.05) is 37.7 Å². The summed E-state index contributed by atoms with van der Waals surface area (Å²) in [5.74, 6) is 0. The third-order valence-electron chi connectivity index (χ3n) is 6.51. The van der Waals surface area contributed by atoms with Crippen LogP contribution in [0.15, 0.2) is 60.7 Å². The molecule has 0 amide bonds. The van der Waals surface area contributed by atoms with Gasteiger partial charge in [-0.1, -0.05) is 88.4 Å². The fourth-order valence-corrected chi connectivity index (χ4v) is 7.65. The monoisotopic (exact) mass is 596 g/mol. The first-order chi connectivity index (χ1) is 18.1. The number of benzene rings is 2. The second kappa shape index (κ2) is 15.7. The van der Waals surface area contributed by atoms with Crippen LogP contribution in [-0.4, -0.2) is 69.0 Å². The van der Waals surface area contributed by atoms with Gasteiger partial charge in [0.1, 0.15) is 0 Å². The van der Waals surface area contributed by atoms with Crippen LogP contribution in [0.3, 0.4) is 0 Å². The normalized spacial score (nSPS) is 11.7. The van der Waals surface area contributed by atoms with E-state index in [2.05, 4.69) is 10.2 Å². The molecule has 0 aromatic heterocycles. The highest BCUT2D eigenvalue weighted by Gasteiger charge is 2.26. The summed E-state index contributed by atoms with van der Waals surface area (Å²) in [7, 11) is -5.29. The van der Waals surface area contributed by atoms with Crippen LogP contribution in [0, 0.1) is 0 Å². The predicted octanol–water partition coefficient (Wildman–Crippen LogP) is 5.74. The average Bonchev–Trinajstić information content (AvgIpc) is 2.93. The molecule has 0 atom stereocenters. The van der Waals surface area contributed by atoms with Crippen molar-refractivity contribution < 1.29 is 14.2 Å². The Kier molecular flexibility index (Phi) is 13.4. The second-order valence-electron chi connectivity index (χ2n) is 9.26. The molecule has 210 valence electrons. The Balaban J connectivity index is 2.25. The zero-order valence-corrected chi connectivity index (χ0v) is 26.3. The molecule has 0 fully saturated rings. The fraction of sp³-hybridized carbons (Fsp3) is 0.481. The molecule has 11 heteroatoms. The molecule has 0 aliphatic carbocycles. The standard InChI is InChI=1S/C27H42N4O3P2S2/c1-5-35(33,6-2)28-26(37)30(19-23-15-11-9-12-16-23)21-25(32)22-31(20-24-17-13-10-14-18-24)27(38)29-36(34,7-3)8-4/h9-18,25,32H,5-8,19-22H2,1-4H3,(H,28,33,37)(H,29,34,38). The second-order valence-corrected chi connectivity index (χ2v) is 16.6. The number of nitrogens with zero attached hydrogens (tertiary/aromatic N) is 2. The summed E-state index contributed by atoms with van der Waals surface area (Å²) < 4.78 is 26.2. The van der Waals surface area contributed by atoms with Crippen LogP contribution in [0.25, 0.3) is 0 Å². The van der Waals surface area contributed by atoms with E-state index >= 15 is 0 Å². The number of aliphatic hydroxyl groups excluding tert-OH is 1. The molecule has 0 unspecified atom stereocenters. The van der Waals surface area contributed by atoms with Gasteiger partial charge in [-0.3, -0.25) is 0 Å². The van der Waals surface area contributed by atoms with Crippen LogP contribution in [0.1, 0.15) is 38.8 Å². The van der Waals surface area contributed by atoms with E-state index in [1.165, 1.54) is 0 Å². The summed E-state index contributed by atoms with van der Waals surface area (Å²) in [6.45, 7) is 8.88. The maximum Gasteiger partial charge on any atom is 0.174 e. The molecule has 0 aliphatic heterocycles. The van der Waals surface area contributed by atoms with Crippen molar-refractivity contribution in [1.82, 2.24) is 20.0 Å². The number of rotatable bonds is 14. The lowest BCUT2D eigenvalue weighted by Gasteiger charge is -2.34. The molecule has 3 N–H and O–H groups in total. The Morgan fingerprint density at radius 3 is 1.32 bits per heavy atom. The van der Waals surface area contributed by atoms with Crippen LogP contribution < -0.4 is 10.2 Å². The third kappa shape index (κ3) is 10.4. The summed E-state index contributed by atoms with van der Waals surface area (Å²) in [5.41, 5.74) is 2.05. The molecule has 2 rings (SSSR count). The van der Waals surface area contributed by atoms with Gasteiger partial charge in [0.05, 0.1) is 6.10 Å². The SMILES string of the molecule is CCP(=O)(CC)NC(=S)N(Cc1ccccc1)CC(O)CN(Cc1ccccc1)C(=S)NP(=O)(CC)CC. The van der Waals surface area contributed by atoms with Gasteiger partial charge in [-0.25, -0.2) is 0 Å². The highest BCUT2D eigenvalue weighted by molar-refractivity contribution is 7.81. The van der Waals surface area contributed by atoms with Crippen LogP contribution >= 0.6 is 39.0 Å². The Morgan fingerprint density at radius 2 is 1.03 bits per heavy atom. The van der Waals surface area contributed by atoms with Crippen LogP contribution in [0.4, 0.5) is 0 Å². The van der Waals surface area contributed by atoms with Crippen molar-refractivity contribution in [1.29, 1.82) is 0 Å². The number of thiocarbonyl (C=S) groups is 2. The minimum atomic E-state index is -2.65. The van der Waals surface area contributed by atoms with Crippen LogP contribution in [0.5, 0.6) is 0 Å². The molecular weight excluding hydrogens is 554 g/mol. The topological polar surface area (TPSA) is 84.9 Å². The Morgan fingerprint density at radius 1 is 0.711 bits per heavy atom. The Labute approximate surface area is 239 Å². The van der Waals surface area contributed by atoms with Crippen LogP contribution in [0.2, 0.25) is 0 Å². The van der Waals surface area contributed by atoms with Gasteiger partial charge in [0.2, 0.25) is 0 Å². The van der Waals surface area contributed by atoms with Crippen molar-refractivity contribution in [2.45, 2.75) is 46.9 Å². The zero-order chi connectivity index (χ0) is 28.2. The quantitative estimate of drug-likeness (QED) is 0.187. The van der Waals surface area contributed by atoms with E-state index in [4.69, 9.17) is 24.4 Å². The number of hydrogen-bond acceptors (Lipinski definition) is 5. The summed E-state index contributed by atoms with van der Waals surface area (Å²) in [6.07, 6.45) is 1.12. The van der Waals surface area contributed by atoms with Gasteiger partial charge in [-0.05, 0) is 35.6 Å². The van der Waals surface area contributed by atoms with E-state index in [-0.39, 0.29) is 13.1 Å². The maximum atomic E-state index is 13.1. The van der Waals surface area contributed by atoms with E-state index in [1.807, 2.05) is 98.2 Å². The van der Waals surface area contributed by atoms with Crippen molar-refractivity contribution in [3.05, 3.63) is 71.8 Å². The van der Waals surface area contributed by atoms with Gasteiger partial charge < -0.3 is 34.2 Å². The number of nitrogens with one attached hydrogen (secondary N) is 2. The molecule has 0 bridgehead atoms. The molecule has 2 aromatic carbocycles. The smallest absolute Gasteiger partial charge is 0.174 e. The molecule has 0 saturated carbocycles. The van der Waals surface area contributed by atoms with E-state index in [1.54, 1.807) is 0 Å². The molecule has 0 heterocycles. The zero-order valence-electron chi connectivity index (χ0n) is 22.9. The minimum Gasteiger partial charge on any atom is -0.389 e. The number of hydrogen-bond donors (Lipinski definition) is 3. The van der Waals surface area contributed by atoms with Crippen LogP contribution in [-0.2, 0) is 22.2 Å². The van der Waals surface area contributed by atoms with E-state index < -0.39 is 20.7 Å². The van der Waals surface area contributed by atoms with Crippen molar-refractivity contribution in [3.63, 3.8) is 0 Å². The highest BCUT2D eigenvalue weighted by Crippen LogP contribution is 2.40. The molecule has 0 radical (unpaired) electrons. The first-order valence-corrected chi connectivity index (χ1v) is 18.1. The summed E-state index contributed by atoms with van der Waals surface area (Å²) in [4.78, 5) is 3.71. The van der Waals surface area contributed by atoms with E-state index in [9.17, 15) is 14.2 Å². The molecule has 2 aromatic rings. The molecule has 0 saturated heterocycles. The van der Waals surface area contributed by atoms with Gasteiger partial charge in [0.15, 0.2) is 24.8 Å². The Bertz CT molecular complexity index is 1020. The predicted molar refractivity (Wildman–Crippen MR) is 169 cm³/mol. The maximum absolute atomic E-state index is 13.1. The van der Waals surface area contributed by atoms with Crippen molar-refractivity contribution in [2.24, 2.45) is 0 Å². The molecule has 38 heavy (non-hydrogen) atoms. The minimum absolute atomic E-state index is 0.210. The van der Waals surface area contributed by atoms with Gasteiger partial charge >= 0.3 is 0 Å². The van der Waals surface area contributed by atoms with Crippen molar-refractivity contribution in [3.8, 4) is 0 Å². The first kappa shape index (κ1) is 32.5. The summed E-state index contributed by atoms with van der Waals surface area (Å²) >= 11 is 11.4. The van der Waals surface area contributed by atoms with Gasteiger partial charge in [0, 0.05) is 50.8 Å². The van der Waals surface area contributed by atoms with E-state index in [0.717, 1.165) is 11.1 Å². The lowest BCUT2D eigenvalue weighted by molar-refractivity contribution is 0.112. The molecular formula is C27H42N4O3P2S2. The summed E-state index contributed by atoms with van der Waals surface area (Å²) in [5, 5.41) is 18.2. The molecule has 7 nitrogen and oxygen atoms in total. The lowest BCUT2D eigenvalue weighted by Crippen LogP contribution is -2.48. The van der Waals surface area contributed by atoms with Gasteiger partial charge in [-0.2, -0.15) is 0 Å². The lowest BCUT2D eigenvalue weighted by atomic mass is 10.2.